The van der Waals surface area contributed by atoms with Crippen LogP contribution in [0.5, 0.6) is 0 Å². The third kappa shape index (κ3) is 8.65. The molecule has 0 N–H and O–H groups in total. The van der Waals surface area contributed by atoms with E-state index in [1.54, 1.807) is 19.2 Å². The molecule has 4 nitrogen and oxygen atoms in total. The average molecular weight is 254 g/mol. The maximum atomic E-state index is 11.8. The molecule has 0 unspecified atom stereocenters. The molecule has 0 radical (unpaired) electrons. The van der Waals surface area contributed by atoms with Gasteiger partial charge in [-0.05, 0) is 18.6 Å². The first kappa shape index (κ1) is 16.5. The van der Waals surface area contributed by atoms with Gasteiger partial charge in [-0.15, -0.1) is 12.8 Å². The van der Waals surface area contributed by atoms with Crippen molar-refractivity contribution < 1.29 is 14.0 Å². The fourth-order valence-corrected chi connectivity index (χ4v) is 1.21. The Labute approximate surface area is 108 Å². The second-order valence-electron chi connectivity index (χ2n) is 3.26. The van der Waals surface area contributed by atoms with Gasteiger partial charge in [0.15, 0.2) is 0 Å². The van der Waals surface area contributed by atoms with Gasteiger partial charge >= 0.3 is 0 Å². The van der Waals surface area contributed by atoms with Crippen molar-refractivity contribution in [1.82, 2.24) is 10.0 Å². The van der Waals surface area contributed by atoms with E-state index < -0.39 is 5.95 Å². The minimum Gasteiger partial charge on any atom is -0.383 e. The average Bonchev–Trinajstić information content (AvgIpc) is 2.93. The van der Waals surface area contributed by atoms with Gasteiger partial charge in [-0.25, -0.2) is 4.98 Å². The fourth-order valence-electron chi connectivity index (χ4n) is 1.21. The predicted molar refractivity (Wildman–Crippen MR) is 68.1 cm³/mol. The van der Waals surface area contributed by atoms with Crippen LogP contribution in [0.3, 0.4) is 0 Å². The summed E-state index contributed by atoms with van der Waals surface area (Å²) in [5.41, 5.74) is 0. The molecule has 1 saturated heterocycles. The summed E-state index contributed by atoms with van der Waals surface area (Å²) < 4.78 is 16.7. The van der Waals surface area contributed by atoms with Crippen LogP contribution in [0.1, 0.15) is 6.42 Å². The monoisotopic (exact) mass is 254 g/mol. The highest BCUT2D eigenvalue weighted by Gasteiger charge is 2.10. The molecule has 0 aromatic carbocycles. The molecule has 1 fully saturated rings. The fraction of sp³-hybridized carbons (Fsp3) is 0.462. The zero-order valence-corrected chi connectivity index (χ0v) is 10.6. The lowest BCUT2D eigenvalue weighted by Gasteiger charge is -2.11. The van der Waals surface area contributed by atoms with Gasteiger partial charge in [0.05, 0.1) is 13.2 Å². The predicted octanol–water partition coefficient (Wildman–Crippen LogP) is 1.74. The van der Waals surface area contributed by atoms with Gasteiger partial charge < -0.3 is 4.74 Å². The van der Waals surface area contributed by atoms with Gasteiger partial charge in [0.1, 0.15) is 0 Å². The third-order valence-corrected chi connectivity index (χ3v) is 2.00. The van der Waals surface area contributed by atoms with Crippen LogP contribution in [0.15, 0.2) is 24.4 Å². The maximum Gasteiger partial charge on any atom is 0.212 e. The van der Waals surface area contributed by atoms with Gasteiger partial charge in [-0.1, -0.05) is 6.07 Å². The molecule has 18 heavy (non-hydrogen) atoms. The Hall–Kier alpha value is -1.48. The van der Waals surface area contributed by atoms with Gasteiger partial charge in [-0.3, -0.25) is 4.84 Å². The second kappa shape index (κ2) is 12.0. The number of methoxy groups -OCH3 is 1. The van der Waals surface area contributed by atoms with Crippen LogP contribution < -0.4 is 0 Å². The molecule has 2 heterocycles. The van der Waals surface area contributed by atoms with Crippen LogP contribution in [-0.2, 0) is 9.57 Å². The number of hydrogen-bond acceptors (Lipinski definition) is 4. The van der Waals surface area contributed by atoms with Gasteiger partial charge in [0, 0.05) is 26.4 Å². The molecule has 0 atom stereocenters. The minimum atomic E-state index is -0.428. The lowest BCUT2D eigenvalue weighted by molar-refractivity contribution is -0.118. The van der Waals surface area contributed by atoms with Crippen LogP contribution >= 0.6 is 0 Å². The Morgan fingerprint density at radius 3 is 2.67 bits per heavy atom. The molecule has 1 aliphatic rings. The van der Waals surface area contributed by atoms with E-state index in [9.17, 15) is 4.39 Å². The van der Waals surface area contributed by atoms with Gasteiger partial charge in [0.25, 0.3) is 0 Å². The molecule has 0 bridgehead atoms. The van der Waals surface area contributed by atoms with Crippen molar-refractivity contribution in [3.8, 4) is 12.8 Å². The van der Waals surface area contributed by atoms with Crippen LogP contribution in [-0.4, -0.2) is 43.5 Å². The largest absolute Gasteiger partial charge is 0.383 e. The summed E-state index contributed by atoms with van der Waals surface area (Å²) in [6, 6.07) is 4.57. The lowest BCUT2D eigenvalue weighted by atomic mass is 10.5. The quantitative estimate of drug-likeness (QED) is 0.608. The number of rotatable bonds is 3. The topological polar surface area (TPSA) is 34.6 Å². The van der Waals surface area contributed by atoms with Crippen molar-refractivity contribution in [1.29, 1.82) is 0 Å². The first-order chi connectivity index (χ1) is 8.83. The smallest absolute Gasteiger partial charge is 0.212 e. The number of pyridine rings is 1. The van der Waals surface area contributed by atoms with Gasteiger partial charge in [-0.2, -0.15) is 9.45 Å². The summed E-state index contributed by atoms with van der Waals surface area (Å²) in [6.07, 6.45) is 10.6. The lowest BCUT2D eigenvalue weighted by Crippen LogP contribution is -2.22. The Morgan fingerprint density at radius 1 is 1.50 bits per heavy atom. The molecule has 0 amide bonds. The Morgan fingerprint density at radius 2 is 2.28 bits per heavy atom. The first-order valence-corrected chi connectivity index (χ1v) is 5.59. The van der Waals surface area contributed by atoms with E-state index in [4.69, 9.17) is 9.57 Å². The SMILES string of the molecule is C#C.COCCN1CCCO1.Fc1ccccn1. The minimum absolute atomic E-state index is 0.428. The van der Waals surface area contributed by atoms with E-state index in [2.05, 4.69) is 17.8 Å². The highest BCUT2D eigenvalue weighted by molar-refractivity contribution is 4.90. The number of aromatic nitrogens is 1. The molecular formula is C13H19FN2O2. The van der Waals surface area contributed by atoms with E-state index in [1.165, 1.54) is 12.3 Å². The standard InChI is InChI=1S/C6H13NO2.C5H4FN.C2H2/c1-8-6-4-7-3-2-5-9-7;6-5-3-1-2-4-7-5;1-2/h2-6H2,1H3;1-4H;1-2H. The number of halogens is 1. The normalized spacial score (nSPS) is 14.0. The Bertz CT molecular complexity index is 300. The number of hydrogen-bond donors (Lipinski definition) is 0. The van der Waals surface area contributed by atoms with Crippen molar-refractivity contribution in [2.75, 3.05) is 33.4 Å². The van der Waals surface area contributed by atoms with Crippen LogP contribution in [0.4, 0.5) is 4.39 Å². The molecule has 1 aromatic heterocycles. The van der Waals surface area contributed by atoms with Crippen LogP contribution in [0.25, 0.3) is 0 Å². The summed E-state index contributed by atoms with van der Waals surface area (Å²) in [6.45, 7) is 3.60. The molecule has 5 heteroatoms. The third-order valence-electron chi connectivity index (χ3n) is 2.00. The summed E-state index contributed by atoms with van der Waals surface area (Å²) in [7, 11) is 1.70. The number of terminal acetylenes is 1. The van der Waals surface area contributed by atoms with Crippen LogP contribution in [0, 0.1) is 18.8 Å². The van der Waals surface area contributed by atoms with E-state index in [-0.39, 0.29) is 0 Å². The molecule has 2 rings (SSSR count). The molecule has 1 aliphatic heterocycles. The van der Waals surface area contributed by atoms with E-state index in [0.29, 0.717) is 0 Å². The Kier molecular flexibility index (Phi) is 11.0. The molecule has 0 saturated carbocycles. The highest BCUT2D eigenvalue weighted by atomic mass is 19.1. The molecule has 100 valence electrons. The molecule has 0 aliphatic carbocycles. The molecule has 1 aromatic rings. The molecule has 0 spiro atoms. The molecular weight excluding hydrogens is 235 g/mol. The maximum absolute atomic E-state index is 11.8. The van der Waals surface area contributed by atoms with E-state index >= 15 is 0 Å². The number of ether oxygens (including phenoxy) is 1. The van der Waals surface area contributed by atoms with E-state index in [1.807, 2.05) is 5.06 Å². The van der Waals surface area contributed by atoms with Gasteiger partial charge in [0.2, 0.25) is 5.95 Å². The van der Waals surface area contributed by atoms with Crippen molar-refractivity contribution in [2.45, 2.75) is 6.42 Å². The van der Waals surface area contributed by atoms with Crippen molar-refractivity contribution in [3.63, 3.8) is 0 Å². The van der Waals surface area contributed by atoms with Crippen molar-refractivity contribution >= 4 is 0 Å². The second-order valence-corrected chi connectivity index (χ2v) is 3.26. The van der Waals surface area contributed by atoms with Crippen molar-refractivity contribution in [2.24, 2.45) is 0 Å². The number of nitrogens with zero attached hydrogens (tertiary/aromatic N) is 2. The Balaban J connectivity index is 0.000000289. The van der Waals surface area contributed by atoms with E-state index in [0.717, 1.165) is 32.7 Å². The summed E-state index contributed by atoms with van der Waals surface area (Å²) in [5, 5.41) is 1.95. The first-order valence-electron chi connectivity index (χ1n) is 5.59. The summed E-state index contributed by atoms with van der Waals surface area (Å²) in [4.78, 5) is 8.52. The zero-order valence-electron chi connectivity index (χ0n) is 10.6. The van der Waals surface area contributed by atoms with Crippen LogP contribution in [0.2, 0.25) is 0 Å². The zero-order chi connectivity index (χ0) is 13.6. The summed E-state index contributed by atoms with van der Waals surface area (Å²) >= 11 is 0. The highest BCUT2D eigenvalue weighted by Crippen LogP contribution is 2.02. The van der Waals surface area contributed by atoms with Crippen molar-refractivity contribution in [3.05, 3.63) is 30.3 Å². The number of hydroxylamine groups is 2. The summed E-state index contributed by atoms with van der Waals surface area (Å²) in [5.74, 6) is -0.428.